The minimum atomic E-state index is 0. The second-order valence-corrected chi connectivity index (χ2v) is 15.2. The fourth-order valence-electron chi connectivity index (χ4n) is 6.52. The van der Waals surface area contributed by atoms with Gasteiger partial charge in [-0.2, -0.15) is 0 Å². The molecule has 0 aliphatic rings. The van der Waals surface area contributed by atoms with Gasteiger partial charge in [0, 0.05) is 6.42 Å². The summed E-state index contributed by atoms with van der Waals surface area (Å²) < 4.78 is 2.33. The Balaban J connectivity index is -0.00000760. The summed E-state index contributed by atoms with van der Waals surface area (Å²) in [5.41, 5.74) is 0. The maximum absolute atomic E-state index is 2.49. The molecule has 0 bridgehead atoms. The molecule has 0 aromatic rings. The maximum Gasteiger partial charge on any atom is 0.138 e. The third-order valence-electron chi connectivity index (χ3n) is 9.56. The molecule has 0 aliphatic heterocycles. The van der Waals surface area contributed by atoms with Crippen molar-refractivity contribution in [3.63, 3.8) is 0 Å². The molecule has 42 heavy (non-hydrogen) atoms. The molecule has 0 saturated heterocycles. The largest absolute Gasteiger partial charge is 1.00 e. The van der Waals surface area contributed by atoms with E-state index >= 15 is 0 Å². The smallest absolute Gasteiger partial charge is 0.138 e. The van der Waals surface area contributed by atoms with Gasteiger partial charge in [-0.1, -0.05) is 168 Å². The van der Waals surface area contributed by atoms with E-state index < -0.39 is 0 Å². The monoisotopic (exact) mass is 724 g/mol. The Morgan fingerprint density at radius 1 is 0.357 bits per heavy atom. The van der Waals surface area contributed by atoms with Crippen LogP contribution in [0.3, 0.4) is 0 Å². The van der Waals surface area contributed by atoms with E-state index in [0.29, 0.717) is 0 Å². The molecule has 0 heterocycles. The Kier molecular flexibility index (Phi) is 37.4. The molecule has 0 spiro atoms. The lowest BCUT2D eigenvalue weighted by atomic mass is 10.0. The van der Waals surface area contributed by atoms with Gasteiger partial charge >= 0.3 is 0 Å². The van der Waals surface area contributed by atoms with Crippen molar-refractivity contribution in [3.8, 4) is 0 Å². The van der Waals surface area contributed by atoms with Crippen molar-refractivity contribution in [1.29, 1.82) is 0 Å². The molecule has 0 N–H and O–H groups in total. The molecule has 0 aromatic carbocycles. The van der Waals surface area contributed by atoms with Gasteiger partial charge in [-0.05, 0) is 19.3 Å². The average molecular weight is 727 g/mol. The van der Waals surface area contributed by atoms with Gasteiger partial charge in [-0.3, -0.25) is 0 Å². The summed E-state index contributed by atoms with van der Waals surface area (Å²) >= 11 is 0. The minimum absolute atomic E-state index is 0. The number of likely N-dealkylation sites (N-methyl/N-ethyl adjacent to an activating group) is 2. The summed E-state index contributed by atoms with van der Waals surface area (Å²) in [7, 11) is 12.3. The highest BCUT2D eigenvalue weighted by molar-refractivity contribution is 4.60. The molecule has 1 atom stereocenters. The van der Waals surface area contributed by atoms with Crippen molar-refractivity contribution in [3.05, 3.63) is 0 Å². The van der Waals surface area contributed by atoms with E-state index in [1.165, 1.54) is 197 Å². The van der Waals surface area contributed by atoms with Crippen LogP contribution < -0.4 is 34.0 Å². The predicted molar refractivity (Wildman–Crippen MR) is 184 cm³/mol. The van der Waals surface area contributed by atoms with Gasteiger partial charge in [-0.25, -0.2) is 0 Å². The van der Waals surface area contributed by atoms with Crippen LogP contribution in [0.5, 0.6) is 0 Å². The lowest BCUT2D eigenvalue weighted by Crippen LogP contribution is -3.00. The molecule has 0 aromatic heterocycles. The summed E-state index contributed by atoms with van der Waals surface area (Å²) in [6, 6.07) is 0.786. The standard InChI is InChI=1S/C38H82N2.2BrH/c1-8-10-12-14-16-18-20-22-24-26-28-30-32-34-36-40(6,7)37-38(39(3,4)5)35-33-31-29-27-25-23-21-19-17-15-13-11-9-2;;/h38H,8-37H2,1-7H3;2*1H/q+2;;/p-2. The van der Waals surface area contributed by atoms with Crippen molar-refractivity contribution in [2.45, 2.75) is 200 Å². The van der Waals surface area contributed by atoms with Crippen LogP contribution in [0.15, 0.2) is 0 Å². The molecular weight excluding hydrogens is 644 g/mol. The molecular formula is C38H82Br2N2. The van der Waals surface area contributed by atoms with E-state index in [1.807, 2.05) is 0 Å². The first-order chi connectivity index (χ1) is 19.2. The van der Waals surface area contributed by atoms with E-state index in [-0.39, 0.29) is 34.0 Å². The fourth-order valence-corrected chi connectivity index (χ4v) is 6.52. The summed E-state index contributed by atoms with van der Waals surface area (Å²) in [5.74, 6) is 0. The first kappa shape index (κ1) is 47.3. The third kappa shape index (κ3) is 33.8. The number of hydrogen-bond acceptors (Lipinski definition) is 0. The lowest BCUT2D eigenvalue weighted by Gasteiger charge is -2.40. The first-order valence-corrected chi connectivity index (χ1v) is 18.9. The van der Waals surface area contributed by atoms with E-state index in [1.54, 1.807) is 0 Å². The number of halogens is 2. The topological polar surface area (TPSA) is 0 Å². The Morgan fingerprint density at radius 3 is 0.905 bits per heavy atom. The molecule has 258 valence electrons. The average Bonchev–Trinajstić information content (AvgIpc) is 2.90. The Hall–Kier alpha value is 0.880. The molecule has 0 saturated carbocycles. The second-order valence-electron chi connectivity index (χ2n) is 15.2. The second kappa shape index (κ2) is 33.2. The SMILES string of the molecule is CCCCCCCCCCCCCCCC[N+](C)(C)CC(CCCCCCCCCCCCCCC)[N+](C)(C)C.[Br-].[Br-]. The minimum Gasteiger partial charge on any atom is -1.00 e. The van der Waals surface area contributed by atoms with Gasteiger partial charge in [0.25, 0.3) is 0 Å². The van der Waals surface area contributed by atoms with Crippen molar-refractivity contribution < 1.29 is 42.9 Å². The predicted octanol–water partition coefficient (Wildman–Crippen LogP) is 6.11. The summed E-state index contributed by atoms with van der Waals surface area (Å²) in [4.78, 5) is 0. The van der Waals surface area contributed by atoms with E-state index in [9.17, 15) is 0 Å². The molecule has 0 aliphatic carbocycles. The van der Waals surface area contributed by atoms with Crippen LogP contribution in [-0.4, -0.2) is 63.3 Å². The van der Waals surface area contributed by atoms with Crippen molar-refractivity contribution in [2.24, 2.45) is 0 Å². The normalized spacial score (nSPS) is 12.6. The van der Waals surface area contributed by atoms with E-state index in [2.05, 4.69) is 49.1 Å². The highest BCUT2D eigenvalue weighted by atomic mass is 79.9. The Labute approximate surface area is 289 Å². The molecule has 0 amide bonds. The zero-order valence-electron chi connectivity index (χ0n) is 30.4. The lowest BCUT2D eigenvalue weighted by molar-refractivity contribution is -0.955. The van der Waals surface area contributed by atoms with Crippen LogP contribution in [-0.2, 0) is 0 Å². The maximum atomic E-state index is 2.49. The highest BCUT2D eigenvalue weighted by Gasteiger charge is 2.31. The molecule has 4 heteroatoms. The van der Waals surface area contributed by atoms with Crippen LogP contribution in [0.4, 0.5) is 0 Å². The number of quaternary nitrogens is 2. The van der Waals surface area contributed by atoms with Gasteiger partial charge in [0.05, 0.1) is 41.8 Å². The van der Waals surface area contributed by atoms with Crippen LogP contribution in [0.2, 0.25) is 0 Å². The van der Waals surface area contributed by atoms with Crippen molar-refractivity contribution in [1.82, 2.24) is 0 Å². The zero-order chi connectivity index (χ0) is 29.8. The summed E-state index contributed by atoms with van der Waals surface area (Å²) in [6.07, 6.45) is 40.6. The molecule has 1 unspecified atom stereocenters. The first-order valence-electron chi connectivity index (χ1n) is 18.9. The number of unbranched alkanes of at least 4 members (excludes halogenated alkanes) is 25. The number of rotatable bonds is 32. The van der Waals surface area contributed by atoms with Gasteiger partial charge in [0.1, 0.15) is 12.6 Å². The van der Waals surface area contributed by atoms with Gasteiger partial charge in [0.2, 0.25) is 0 Å². The Bertz CT molecular complexity index is 504. The summed E-state index contributed by atoms with van der Waals surface area (Å²) in [6.45, 7) is 7.31. The highest BCUT2D eigenvalue weighted by Crippen LogP contribution is 2.19. The molecule has 0 fully saturated rings. The molecule has 0 rings (SSSR count). The van der Waals surface area contributed by atoms with Crippen LogP contribution in [0.1, 0.15) is 194 Å². The quantitative estimate of drug-likeness (QED) is 0.0581. The van der Waals surface area contributed by atoms with E-state index in [0.717, 1.165) is 10.5 Å². The van der Waals surface area contributed by atoms with Crippen LogP contribution >= 0.6 is 0 Å². The molecule has 2 nitrogen and oxygen atoms in total. The zero-order valence-corrected chi connectivity index (χ0v) is 33.6. The third-order valence-corrected chi connectivity index (χ3v) is 9.56. The number of hydrogen-bond donors (Lipinski definition) is 0. The van der Waals surface area contributed by atoms with Crippen molar-refractivity contribution >= 4 is 0 Å². The van der Waals surface area contributed by atoms with Gasteiger partial charge < -0.3 is 42.9 Å². The van der Waals surface area contributed by atoms with Gasteiger partial charge in [0.15, 0.2) is 0 Å². The van der Waals surface area contributed by atoms with Crippen LogP contribution in [0, 0.1) is 0 Å². The van der Waals surface area contributed by atoms with Crippen molar-refractivity contribution in [2.75, 3.05) is 48.3 Å². The fraction of sp³-hybridized carbons (Fsp3) is 1.00. The van der Waals surface area contributed by atoms with Crippen LogP contribution in [0.25, 0.3) is 0 Å². The summed E-state index contributed by atoms with van der Waals surface area (Å²) in [5, 5.41) is 0. The van der Waals surface area contributed by atoms with E-state index in [4.69, 9.17) is 0 Å². The van der Waals surface area contributed by atoms with Gasteiger partial charge in [-0.15, -0.1) is 0 Å². The molecule has 0 radical (unpaired) electrons. The Morgan fingerprint density at radius 2 is 0.619 bits per heavy atom. The number of nitrogens with zero attached hydrogens (tertiary/aromatic N) is 2.